The SMILES string of the molecule is COc1cc(Cl)ccc1OCC(C)N=C(N)N.O=[N+]([O-])O. The van der Waals surface area contributed by atoms with Crippen LogP contribution in [0.2, 0.25) is 5.02 Å². The van der Waals surface area contributed by atoms with Gasteiger partial charge < -0.3 is 26.1 Å². The van der Waals surface area contributed by atoms with E-state index in [0.717, 1.165) is 0 Å². The molecule has 1 unspecified atom stereocenters. The van der Waals surface area contributed by atoms with Crippen LogP contribution in [-0.4, -0.2) is 36.0 Å². The zero-order chi connectivity index (χ0) is 16.4. The number of aliphatic imine (C=N–C) groups is 1. The van der Waals surface area contributed by atoms with Gasteiger partial charge in [-0.15, -0.1) is 10.1 Å². The number of halogens is 1. The van der Waals surface area contributed by atoms with E-state index in [2.05, 4.69) is 4.99 Å². The van der Waals surface area contributed by atoms with Crippen molar-refractivity contribution in [3.05, 3.63) is 33.3 Å². The molecule has 1 aromatic carbocycles. The fourth-order valence-electron chi connectivity index (χ4n) is 1.26. The molecule has 10 heteroatoms. The van der Waals surface area contributed by atoms with Gasteiger partial charge in [0, 0.05) is 11.1 Å². The second kappa shape index (κ2) is 9.48. The zero-order valence-corrected chi connectivity index (χ0v) is 12.3. The molecule has 0 spiro atoms. The van der Waals surface area contributed by atoms with E-state index in [0.29, 0.717) is 23.1 Å². The Labute approximate surface area is 126 Å². The first kappa shape index (κ1) is 18.6. The van der Waals surface area contributed by atoms with E-state index in [1.165, 1.54) is 0 Å². The summed E-state index contributed by atoms with van der Waals surface area (Å²) in [6, 6.07) is 5.02. The van der Waals surface area contributed by atoms with E-state index in [9.17, 15) is 0 Å². The molecule has 0 aliphatic carbocycles. The van der Waals surface area contributed by atoms with Crippen LogP contribution >= 0.6 is 11.6 Å². The summed E-state index contributed by atoms with van der Waals surface area (Å²) in [4.78, 5) is 12.3. The van der Waals surface area contributed by atoms with Crippen LogP contribution < -0.4 is 20.9 Å². The van der Waals surface area contributed by atoms with Crippen LogP contribution in [0.15, 0.2) is 23.2 Å². The highest BCUT2D eigenvalue weighted by atomic mass is 35.5. The van der Waals surface area contributed by atoms with Crippen molar-refractivity contribution in [2.45, 2.75) is 13.0 Å². The van der Waals surface area contributed by atoms with Crippen LogP contribution in [0.1, 0.15) is 6.92 Å². The van der Waals surface area contributed by atoms with Crippen LogP contribution in [0.3, 0.4) is 0 Å². The smallest absolute Gasteiger partial charge is 0.291 e. The molecular formula is C11H17ClN4O5. The summed E-state index contributed by atoms with van der Waals surface area (Å²) in [5, 5.41) is 14.2. The van der Waals surface area contributed by atoms with E-state index >= 15 is 0 Å². The molecule has 5 N–H and O–H groups in total. The number of hydrogen-bond donors (Lipinski definition) is 3. The minimum atomic E-state index is -1.50. The van der Waals surface area contributed by atoms with E-state index in [1.54, 1.807) is 25.3 Å². The van der Waals surface area contributed by atoms with E-state index in [4.69, 9.17) is 47.9 Å². The maximum atomic E-state index is 8.36. The van der Waals surface area contributed by atoms with E-state index < -0.39 is 5.09 Å². The molecule has 0 aliphatic rings. The summed E-state index contributed by atoms with van der Waals surface area (Å²) in [6.07, 6.45) is 0. The molecule has 0 fully saturated rings. The first-order chi connectivity index (χ1) is 9.76. The van der Waals surface area contributed by atoms with E-state index in [-0.39, 0.29) is 12.0 Å². The molecule has 0 aliphatic heterocycles. The second-order valence-corrected chi connectivity index (χ2v) is 4.18. The van der Waals surface area contributed by atoms with Crippen LogP contribution in [-0.2, 0) is 0 Å². The van der Waals surface area contributed by atoms with Crippen LogP contribution in [0.25, 0.3) is 0 Å². The third-order valence-electron chi connectivity index (χ3n) is 1.98. The van der Waals surface area contributed by atoms with Gasteiger partial charge in [0.25, 0.3) is 5.09 Å². The fourth-order valence-corrected chi connectivity index (χ4v) is 1.42. The Kier molecular flexibility index (Phi) is 8.39. The third-order valence-corrected chi connectivity index (χ3v) is 2.21. The van der Waals surface area contributed by atoms with Gasteiger partial charge in [-0.3, -0.25) is 0 Å². The summed E-state index contributed by atoms with van der Waals surface area (Å²) < 4.78 is 10.7. The molecule has 1 aromatic rings. The predicted octanol–water partition coefficient (Wildman–Crippen LogP) is 1.04. The molecule has 21 heavy (non-hydrogen) atoms. The van der Waals surface area contributed by atoms with E-state index in [1.807, 2.05) is 6.92 Å². The van der Waals surface area contributed by atoms with Crippen LogP contribution in [0.4, 0.5) is 0 Å². The monoisotopic (exact) mass is 320 g/mol. The number of nitrogens with two attached hydrogens (primary N) is 2. The molecule has 1 atom stereocenters. The van der Waals surface area contributed by atoms with Gasteiger partial charge in [-0.2, -0.15) is 0 Å². The summed E-state index contributed by atoms with van der Waals surface area (Å²) in [5.74, 6) is 1.23. The lowest BCUT2D eigenvalue weighted by atomic mass is 10.3. The number of benzene rings is 1. The van der Waals surface area contributed by atoms with Gasteiger partial charge in [0.2, 0.25) is 0 Å². The van der Waals surface area contributed by atoms with Crippen LogP contribution in [0.5, 0.6) is 11.5 Å². The lowest BCUT2D eigenvalue weighted by Gasteiger charge is -2.12. The number of rotatable bonds is 5. The zero-order valence-electron chi connectivity index (χ0n) is 11.5. The topological polar surface area (TPSA) is 146 Å². The van der Waals surface area contributed by atoms with Gasteiger partial charge in [-0.25, -0.2) is 4.99 Å². The molecule has 1 rings (SSSR count). The second-order valence-electron chi connectivity index (χ2n) is 3.75. The molecule has 0 heterocycles. The number of guanidine groups is 1. The average Bonchev–Trinajstić information content (AvgIpc) is 2.35. The van der Waals surface area contributed by atoms with Crippen molar-refractivity contribution >= 4 is 17.6 Å². The highest BCUT2D eigenvalue weighted by Gasteiger charge is 2.07. The fraction of sp³-hybridized carbons (Fsp3) is 0.364. The Balaban J connectivity index is 0.000000885. The minimum Gasteiger partial charge on any atom is -0.493 e. The quantitative estimate of drug-likeness (QED) is 0.318. The van der Waals surface area contributed by atoms with Gasteiger partial charge in [-0.05, 0) is 19.1 Å². The average molecular weight is 321 g/mol. The highest BCUT2D eigenvalue weighted by molar-refractivity contribution is 6.30. The molecule has 9 nitrogen and oxygen atoms in total. The Hall–Kier alpha value is -2.42. The molecule has 0 radical (unpaired) electrons. The summed E-state index contributed by atoms with van der Waals surface area (Å²) in [5.41, 5.74) is 10.5. The molecule has 0 saturated carbocycles. The van der Waals surface area contributed by atoms with Gasteiger partial charge in [-0.1, -0.05) is 11.6 Å². The van der Waals surface area contributed by atoms with Gasteiger partial charge in [0.1, 0.15) is 6.61 Å². The van der Waals surface area contributed by atoms with Gasteiger partial charge in [0.15, 0.2) is 17.5 Å². The van der Waals surface area contributed by atoms with Crippen molar-refractivity contribution < 1.29 is 19.8 Å². The van der Waals surface area contributed by atoms with Crippen molar-refractivity contribution in [1.82, 2.24) is 0 Å². The lowest BCUT2D eigenvalue weighted by Crippen LogP contribution is -2.26. The number of hydrogen-bond acceptors (Lipinski definition) is 5. The lowest BCUT2D eigenvalue weighted by molar-refractivity contribution is -0.742. The first-order valence-electron chi connectivity index (χ1n) is 5.64. The Morgan fingerprint density at radius 3 is 2.57 bits per heavy atom. The number of nitrogens with zero attached hydrogens (tertiary/aromatic N) is 2. The standard InChI is InChI=1S/C11H16ClN3O2.HNO3/c1-7(15-11(13)14)6-17-9-4-3-8(12)5-10(9)16-2;2-1(3)4/h3-5,7H,6H2,1-2H3,(H4,13,14,15);(H,2,3,4). The highest BCUT2D eigenvalue weighted by Crippen LogP contribution is 2.30. The Morgan fingerprint density at radius 2 is 2.10 bits per heavy atom. The van der Waals surface area contributed by atoms with Crippen molar-refractivity contribution in [3.8, 4) is 11.5 Å². The minimum absolute atomic E-state index is 0.0455. The van der Waals surface area contributed by atoms with Crippen molar-refractivity contribution in [3.63, 3.8) is 0 Å². The summed E-state index contributed by atoms with van der Waals surface area (Å²) in [7, 11) is 1.55. The molecule has 118 valence electrons. The molecule has 0 aromatic heterocycles. The molecule has 0 saturated heterocycles. The van der Waals surface area contributed by atoms with Crippen LogP contribution in [0, 0.1) is 10.1 Å². The predicted molar refractivity (Wildman–Crippen MR) is 77.6 cm³/mol. The van der Waals surface area contributed by atoms with Crippen molar-refractivity contribution in [2.24, 2.45) is 16.5 Å². The van der Waals surface area contributed by atoms with Gasteiger partial charge >= 0.3 is 0 Å². The Morgan fingerprint density at radius 1 is 1.52 bits per heavy atom. The molecular weight excluding hydrogens is 304 g/mol. The largest absolute Gasteiger partial charge is 0.493 e. The summed E-state index contributed by atoms with van der Waals surface area (Å²) >= 11 is 5.84. The third kappa shape index (κ3) is 9.16. The number of methoxy groups -OCH3 is 1. The van der Waals surface area contributed by atoms with Crippen molar-refractivity contribution in [2.75, 3.05) is 13.7 Å². The maximum Gasteiger partial charge on any atom is 0.291 e. The number of ether oxygens (including phenoxy) is 2. The molecule has 0 amide bonds. The maximum absolute atomic E-state index is 8.36. The summed E-state index contributed by atoms with van der Waals surface area (Å²) in [6.45, 7) is 2.21. The van der Waals surface area contributed by atoms with Crippen molar-refractivity contribution in [1.29, 1.82) is 0 Å². The van der Waals surface area contributed by atoms with Gasteiger partial charge in [0.05, 0.1) is 13.2 Å². The first-order valence-corrected chi connectivity index (χ1v) is 6.02. The molecule has 0 bridgehead atoms. The Bertz CT molecular complexity index is 490. The normalized spacial score (nSPS) is 10.6.